The largest absolute Gasteiger partial charge is 0.494 e. The number of ketones is 1. The van der Waals surface area contributed by atoms with E-state index in [1.165, 1.54) is 28.7 Å². The van der Waals surface area contributed by atoms with Gasteiger partial charge in [-0.3, -0.25) is 31.2 Å². The number of benzene rings is 6. The molecule has 0 aliphatic heterocycles. The van der Waals surface area contributed by atoms with Gasteiger partial charge in [-0.1, -0.05) is 113 Å². The summed E-state index contributed by atoms with van der Waals surface area (Å²) in [6, 6.07) is 48.9. The summed E-state index contributed by atoms with van der Waals surface area (Å²) in [5.74, 6) is 0.412. The number of aliphatic imine (C=N–C) groups is 2. The van der Waals surface area contributed by atoms with E-state index in [0.717, 1.165) is 194 Å². The standard InChI is InChI=1S/C48H72N2O9.C27H40N4O2.C25H36N4O2.2C2HF3O2.2ClH/c1-45(2,3)34-39(51)32-37(49-43(53)58-47(7,8)9)20-16-18-35-22-26-40(27-23-35)55-30-14-13-15-31-56-41-28-24-36(25-29-41)19-17-21-38(33-42(52)57-46(4,5)6)50-44(54)59-48(10,11)12;28-26(29)10-6-8-22-12-16-24(17-13-22)32-20-4-2-1-3-5-21-33-25-18-14-23(15-19-25)9-7-11-27(30)31;26-24(27)8-4-6-20-10-14-22(15-11-20)30-18-2-1-3-19-31-23-16-12-21(13-17-23)7-5-9-25(28)29;2*3-2(4,5)1(6)7;;/h22-29H,13-21,30-34H2,1-12H3;12-19H,1-11,20-21H2,(H3,28,29)(H3,30,31);10-17H,1-9,18-19H2,(H3,26,27)(H3,28,29);2*(H,6,7);2*1H. The lowest BCUT2D eigenvalue weighted by Crippen LogP contribution is -2.26. The first-order chi connectivity index (χ1) is 64.3. The fourth-order valence-corrected chi connectivity index (χ4v) is 12.7. The number of alkyl halides is 6. The minimum atomic E-state index is -5.08. The molecule has 0 aliphatic carbocycles. The maximum absolute atomic E-state index is 12.7. The zero-order chi connectivity index (χ0) is 102. The van der Waals surface area contributed by atoms with Crippen molar-refractivity contribution in [3.8, 4) is 34.5 Å². The number of unbranched alkanes of at least 4 members (excludes halogenated alkanes) is 8. The van der Waals surface area contributed by atoms with Crippen LogP contribution in [0.4, 0.5) is 35.9 Å². The second-order valence-electron chi connectivity index (χ2n) is 37.2. The number of aliphatic carboxylic acids is 2. The molecule has 0 saturated carbocycles. The number of carbonyl (C=O) groups is 6. The molecule has 35 heteroatoms. The number of nitrogens with two attached hydrogens (primary N) is 4. The van der Waals surface area contributed by atoms with E-state index in [1.54, 1.807) is 62.3 Å². The summed E-state index contributed by atoms with van der Waals surface area (Å²) in [5.41, 5.74) is 27.7. The highest BCUT2D eigenvalue weighted by atomic mass is 35.5. The van der Waals surface area contributed by atoms with E-state index < -0.39 is 59.3 Å². The van der Waals surface area contributed by atoms with Gasteiger partial charge in [0.1, 0.15) is 57.1 Å². The first-order valence-corrected chi connectivity index (χ1v) is 46.8. The number of rotatable bonds is 55. The van der Waals surface area contributed by atoms with Crippen molar-refractivity contribution in [3.63, 3.8) is 0 Å². The molecule has 0 unspecified atom stereocenters. The Kier molecular flexibility index (Phi) is 63.6. The first-order valence-electron chi connectivity index (χ1n) is 46.8. The van der Waals surface area contributed by atoms with E-state index in [0.29, 0.717) is 89.2 Å². The molecule has 14 N–H and O–H groups in total. The second kappa shape index (κ2) is 69.4. The Morgan fingerprint density at radius 3 is 0.669 bits per heavy atom. The van der Waals surface area contributed by atoms with Gasteiger partial charge in [0.2, 0.25) is 0 Å². The Bertz CT molecular complexity index is 4310. The molecule has 0 spiro atoms. The fourth-order valence-electron chi connectivity index (χ4n) is 12.7. The van der Waals surface area contributed by atoms with Crippen LogP contribution in [0.3, 0.4) is 0 Å². The summed E-state index contributed by atoms with van der Waals surface area (Å²) in [5, 5.41) is 43.3. The lowest BCUT2D eigenvalue weighted by molar-refractivity contribution is -0.193. The summed E-state index contributed by atoms with van der Waals surface area (Å²) in [7, 11) is 0. The van der Waals surface area contributed by atoms with Crippen molar-refractivity contribution in [2.24, 2.45) is 38.3 Å². The highest BCUT2D eigenvalue weighted by Gasteiger charge is 2.39. The lowest BCUT2D eigenvalue weighted by Gasteiger charge is -2.20. The average molecular weight is 2000 g/mol. The van der Waals surface area contributed by atoms with Crippen LogP contribution in [-0.4, -0.2) is 150 Å². The fraction of sp³-hybridized carbons (Fsp3) is 0.538. The van der Waals surface area contributed by atoms with Gasteiger partial charge in [-0.25, -0.2) is 19.2 Å². The molecule has 0 heterocycles. The van der Waals surface area contributed by atoms with Crippen LogP contribution >= 0.6 is 24.8 Å². The highest BCUT2D eigenvalue weighted by Crippen LogP contribution is 2.26. The summed E-state index contributed by atoms with van der Waals surface area (Å²) in [4.78, 5) is 76.0. The van der Waals surface area contributed by atoms with Gasteiger partial charge in [0.25, 0.3) is 0 Å². The smallest absolute Gasteiger partial charge is 0.490 e. The number of aryl methyl sites for hydroxylation is 6. The third kappa shape index (κ3) is 72.5. The highest BCUT2D eigenvalue weighted by molar-refractivity contribution is 6.05. The second-order valence-corrected chi connectivity index (χ2v) is 37.2. The molecular formula is C104H152Cl2F6N10O17. The van der Waals surface area contributed by atoms with Gasteiger partial charge in [-0.05, 0) is 315 Å². The van der Waals surface area contributed by atoms with Crippen molar-refractivity contribution in [2.75, 3.05) is 39.6 Å². The van der Waals surface area contributed by atoms with Crippen LogP contribution in [0.25, 0.3) is 0 Å². The predicted molar refractivity (Wildman–Crippen MR) is 541 cm³/mol. The molecule has 0 bridgehead atoms. The zero-order valence-corrected chi connectivity index (χ0v) is 84.7. The van der Waals surface area contributed by atoms with Crippen LogP contribution in [0, 0.1) is 27.1 Å². The Morgan fingerprint density at radius 2 is 0.482 bits per heavy atom. The monoisotopic (exact) mass is 2000 g/mol. The van der Waals surface area contributed by atoms with Crippen LogP contribution in [-0.2, 0) is 71.9 Å². The molecule has 0 atom stereocenters. The molecule has 6 rings (SSSR count). The Labute approximate surface area is 829 Å². The van der Waals surface area contributed by atoms with E-state index in [9.17, 15) is 45.5 Å². The van der Waals surface area contributed by atoms with Gasteiger partial charge in [0, 0.05) is 49.9 Å². The Hall–Kier alpha value is -11.5. The number of nitrogens with one attached hydrogen (secondary N) is 4. The number of hydrogen-bond acceptors (Lipinski definition) is 19. The number of ether oxygens (including phenoxy) is 9. The molecule has 0 aliphatic rings. The van der Waals surface area contributed by atoms with Gasteiger partial charge >= 0.3 is 42.4 Å². The quantitative estimate of drug-likeness (QED) is 0.00423. The molecule has 6 aromatic rings. The molecule has 139 heavy (non-hydrogen) atoms. The number of amides is 2. The molecule has 0 radical (unpaired) electrons. The molecular weight excluding hydrogens is 1850 g/mol. The predicted octanol–water partition coefficient (Wildman–Crippen LogP) is 24.4. The third-order valence-corrected chi connectivity index (χ3v) is 19.2. The average Bonchev–Trinajstić information content (AvgIpc) is 0.894. The van der Waals surface area contributed by atoms with E-state index in [2.05, 4.69) is 70.6 Å². The minimum Gasteiger partial charge on any atom is -0.494 e. The minimum absolute atomic E-state index is 0. The lowest BCUT2D eigenvalue weighted by atomic mass is 9.88. The first kappa shape index (κ1) is 128. The maximum Gasteiger partial charge on any atom is 0.490 e. The van der Waals surface area contributed by atoms with Crippen molar-refractivity contribution in [1.82, 2.24) is 0 Å². The van der Waals surface area contributed by atoms with E-state index in [1.807, 2.05) is 106 Å². The zero-order valence-electron chi connectivity index (χ0n) is 83.0. The molecule has 0 aromatic heterocycles. The van der Waals surface area contributed by atoms with Crippen molar-refractivity contribution >= 4 is 95.5 Å². The molecule has 776 valence electrons. The van der Waals surface area contributed by atoms with E-state index in [4.69, 9.17) is 107 Å². The topological polar surface area (TPSA) is 450 Å². The summed E-state index contributed by atoms with van der Waals surface area (Å²) >= 11 is 0. The Morgan fingerprint density at radius 1 is 0.295 bits per heavy atom. The van der Waals surface area contributed by atoms with Crippen molar-refractivity contribution in [2.45, 2.75) is 318 Å². The van der Waals surface area contributed by atoms with Crippen LogP contribution in [0.5, 0.6) is 34.5 Å². The van der Waals surface area contributed by atoms with Gasteiger partial charge in [0.05, 0.1) is 69.4 Å². The van der Waals surface area contributed by atoms with Gasteiger partial charge < -0.3 is 75.8 Å². The Balaban J connectivity index is 0.00000201. The number of nitrogens with zero attached hydrogens (tertiary/aromatic N) is 2. The van der Waals surface area contributed by atoms with Crippen LogP contribution < -0.4 is 51.4 Å². The van der Waals surface area contributed by atoms with Crippen molar-refractivity contribution in [1.29, 1.82) is 21.6 Å². The van der Waals surface area contributed by atoms with E-state index in [-0.39, 0.29) is 72.2 Å². The molecule has 2 amide bonds. The number of amidine groups is 4. The number of esters is 1. The molecule has 0 fully saturated rings. The van der Waals surface area contributed by atoms with Gasteiger partial charge in [0.15, 0.2) is 0 Å². The van der Waals surface area contributed by atoms with Gasteiger partial charge in [-0.2, -0.15) is 36.3 Å². The number of halogens is 8. The van der Waals surface area contributed by atoms with Crippen molar-refractivity contribution in [3.05, 3.63) is 179 Å². The maximum atomic E-state index is 12.7. The van der Waals surface area contributed by atoms with Crippen LogP contribution in [0.2, 0.25) is 0 Å². The summed E-state index contributed by atoms with van der Waals surface area (Å²) in [6.07, 6.45) is 14.5. The third-order valence-electron chi connectivity index (χ3n) is 19.2. The number of hydrogen-bond donors (Lipinski definition) is 10. The number of Topliss-reactive ketones (excluding diaryl/α,β-unsaturated/α-hetero) is 1. The number of carbonyl (C=O) groups excluding carboxylic acids is 4. The van der Waals surface area contributed by atoms with E-state index >= 15 is 0 Å². The van der Waals surface area contributed by atoms with Crippen LogP contribution in [0.1, 0.15) is 283 Å². The van der Waals surface area contributed by atoms with Gasteiger partial charge in [-0.15, -0.1) is 24.8 Å². The summed E-state index contributed by atoms with van der Waals surface area (Å²) < 4.78 is 115. The molecule has 27 nitrogen and oxygen atoms in total. The van der Waals surface area contributed by atoms with Crippen LogP contribution in [0.15, 0.2) is 156 Å². The number of carboxylic acid groups (broad SMARTS) is 2. The number of carboxylic acids is 2. The normalized spacial score (nSPS) is 11.5. The van der Waals surface area contributed by atoms with Crippen molar-refractivity contribution < 1.29 is 108 Å². The SMILES string of the molecule is CC(C)(C)CC(=O)CC(CCCc1ccc(OCCCCCOc2ccc(CCCC(CC(=O)OC(C)(C)C)=NC(=O)OC(C)(C)C)cc2)cc1)=NC(=O)OC(C)(C)C.Cl.Cl.N=C(N)CCCc1ccc(OCCCCCCCOc2ccc(CCCC(=N)N)cc2)cc1.N=C(N)CCCc1ccc(OCCCCCOc2ccc(CCCC(=N)N)cc2)cc1.O=C(O)C(F)(F)F.O=C(O)C(F)(F)F. The summed E-state index contributed by atoms with van der Waals surface area (Å²) in [6.45, 7) is 26.3. The molecule has 0 saturated heterocycles. The molecule has 6 aromatic carbocycles.